The Bertz CT molecular complexity index is 1230. The number of carbonyl (C=O) groups excluding carboxylic acids is 3. The van der Waals surface area contributed by atoms with Crippen molar-refractivity contribution in [3.63, 3.8) is 0 Å². The number of benzene rings is 2. The SMILES string of the molecule is O=C(NC1CN(C(=O)C(F)(F)F)C1)c1cc(NC(=O)[C@@H]2[C@@H](c3cc(Cl)cc(Cl)c3)C2(Cl)Cl)ccc1Cl. The predicted octanol–water partition coefficient (Wildman–Crippen LogP) is 5.68. The van der Waals surface area contributed by atoms with Crippen LogP contribution in [0.1, 0.15) is 21.8 Å². The lowest BCUT2D eigenvalue weighted by atomic mass is 10.1. The molecule has 2 N–H and O–H groups in total. The quantitative estimate of drug-likeness (QED) is 0.432. The van der Waals surface area contributed by atoms with Gasteiger partial charge in [0, 0.05) is 34.7 Å². The van der Waals surface area contributed by atoms with E-state index in [1.165, 1.54) is 24.3 Å². The Morgan fingerprint density at radius 2 is 1.58 bits per heavy atom. The summed E-state index contributed by atoms with van der Waals surface area (Å²) in [6, 6.07) is 8.22. The van der Waals surface area contributed by atoms with Gasteiger partial charge in [-0.3, -0.25) is 14.4 Å². The molecular weight excluding hydrogens is 589 g/mol. The van der Waals surface area contributed by atoms with Gasteiger partial charge < -0.3 is 15.5 Å². The van der Waals surface area contributed by atoms with Gasteiger partial charge in [0.15, 0.2) is 0 Å². The van der Waals surface area contributed by atoms with Gasteiger partial charge in [-0.1, -0.05) is 34.8 Å². The van der Waals surface area contributed by atoms with E-state index in [-0.39, 0.29) is 29.4 Å². The van der Waals surface area contributed by atoms with Crippen LogP contribution in [-0.2, 0) is 9.59 Å². The molecule has 1 heterocycles. The summed E-state index contributed by atoms with van der Waals surface area (Å²) in [6.45, 7) is -0.579. The van der Waals surface area contributed by atoms with Crippen molar-refractivity contribution in [3.8, 4) is 0 Å². The predicted molar refractivity (Wildman–Crippen MR) is 131 cm³/mol. The maximum absolute atomic E-state index is 12.9. The summed E-state index contributed by atoms with van der Waals surface area (Å²) in [4.78, 5) is 37.3. The van der Waals surface area contributed by atoms with Gasteiger partial charge in [-0.05, 0) is 42.0 Å². The van der Waals surface area contributed by atoms with Crippen molar-refractivity contribution in [2.45, 2.75) is 22.5 Å². The highest BCUT2D eigenvalue weighted by atomic mass is 35.5. The first kappa shape index (κ1) is 27.1. The van der Waals surface area contributed by atoms with E-state index in [1.807, 2.05) is 0 Å². The number of alkyl halides is 5. The zero-order chi connectivity index (χ0) is 26.6. The van der Waals surface area contributed by atoms with Crippen molar-refractivity contribution >= 4 is 81.4 Å². The van der Waals surface area contributed by atoms with Crippen LogP contribution in [0.25, 0.3) is 0 Å². The summed E-state index contributed by atoms with van der Waals surface area (Å²) >= 11 is 30.9. The van der Waals surface area contributed by atoms with Crippen molar-refractivity contribution in [2.75, 3.05) is 18.4 Å². The summed E-state index contributed by atoms with van der Waals surface area (Å²) < 4.78 is 36.0. The van der Waals surface area contributed by atoms with Gasteiger partial charge in [-0.25, -0.2) is 0 Å². The highest BCUT2D eigenvalue weighted by Crippen LogP contribution is 2.65. The molecule has 1 saturated heterocycles. The monoisotopic (exact) mass is 601 g/mol. The minimum Gasteiger partial charge on any atom is -0.346 e. The first-order valence-electron chi connectivity index (χ1n) is 10.3. The molecule has 1 aliphatic carbocycles. The number of nitrogens with one attached hydrogen (secondary N) is 2. The number of hydrogen-bond acceptors (Lipinski definition) is 3. The highest BCUT2D eigenvalue weighted by Gasteiger charge is 2.67. The van der Waals surface area contributed by atoms with E-state index >= 15 is 0 Å². The van der Waals surface area contributed by atoms with Crippen LogP contribution in [0.2, 0.25) is 15.1 Å². The number of anilines is 1. The number of amides is 3. The van der Waals surface area contributed by atoms with Gasteiger partial charge in [0.25, 0.3) is 5.91 Å². The van der Waals surface area contributed by atoms with Gasteiger partial charge in [0.2, 0.25) is 5.91 Å². The molecule has 6 nitrogen and oxygen atoms in total. The largest absolute Gasteiger partial charge is 0.471 e. The zero-order valence-electron chi connectivity index (χ0n) is 17.8. The summed E-state index contributed by atoms with van der Waals surface area (Å²) in [5.74, 6) is -4.58. The van der Waals surface area contributed by atoms with Gasteiger partial charge in [0.1, 0.15) is 4.33 Å². The van der Waals surface area contributed by atoms with Crippen molar-refractivity contribution in [1.29, 1.82) is 0 Å². The molecule has 4 rings (SSSR count). The molecule has 0 bridgehead atoms. The number of halogens is 8. The van der Waals surface area contributed by atoms with Crippen molar-refractivity contribution in [2.24, 2.45) is 5.92 Å². The molecule has 2 fully saturated rings. The van der Waals surface area contributed by atoms with E-state index in [9.17, 15) is 27.6 Å². The normalized spacial score (nSPS) is 20.9. The van der Waals surface area contributed by atoms with Gasteiger partial charge >= 0.3 is 12.1 Å². The second kappa shape index (κ2) is 9.76. The highest BCUT2D eigenvalue weighted by molar-refractivity contribution is 6.53. The van der Waals surface area contributed by atoms with Crippen LogP contribution in [0, 0.1) is 5.92 Å². The van der Waals surface area contributed by atoms with Crippen molar-refractivity contribution < 1.29 is 27.6 Å². The van der Waals surface area contributed by atoms with Crippen LogP contribution in [0.5, 0.6) is 0 Å². The first-order chi connectivity index (χ1) is 16.7. The van der Waals surface area contributed by atoms with Crippen molar-refractivity contribution in [3.05, 3.63) is 62.6 Å². The van der Waals surface area contributed by atoms with E-state index in [4.69, 9.17) is 58.0 Å². The molecule has 2 atom stereocenters. The Balaban J connectivity index is 1.41. The van der Waals surface area contributed by atoms with Crippen LogP contribution in [0.4, 0.5) is 18.9 Å². The summed E-state index contributed by atoms with van der Waals surface area (Å²) in [5, 5.41) is 5.92. The maximum Gasteiger partial charge on any atom is 0.471 e. The lowest BCUT2D eigenvalue weighted by Crippen LogP contribution is -2.63. The molecule has 0 spiro atoms. The topological polar surface area (TPSA) is 78.5 Å². The minimum absolute atomic E-state index is 0.0213. The van der Waals surface area contributed by atoms with E-state index in [1.54, 1.807) is 12.1 Å². The Morgan fingerprint density at radius 1 is 0.972 bits per heavy atom. The lowest BCUT2D eigenvalue weighted by molar-refractivity contribution is -0.190. The number of nitrogens with zero attached hydrogens (tertiary/aromatic N) is 1. The smallest absolute Gasteiger partial charge is 0.346 e. The van der Waals surface area contributed by atoms with Crippen LogP contribution in [-0.4, -0.2) is 52.3 Å². The van der Waals surface area contributed by atoms with Crippen molar-refractivity contribution in [1.82, 2.24) is 10.2 Å². The Morgan fingerprint density at radius 3 is 2.17 bits per heavy atom. The van der Waals surface area contributed by atoms with Crippen LogP contribution >= 0.6 is 58.0 Å². The van der Waals surface area contributed by atoms with E-state index in [0.29, 0.717) is 20.5 Å². The third-order valence-corrected chi connectivity index (χ3v) is 7.51. The number of likely N-dealkylation sites (tertiary alicyclic amines) is 1. The second-order valence-corrected chi connectivity index (χ2v) is 11.1. The molecule has 1 saturated carbocycles. The van der Waals surface area contributed by atoms with Crippen LogP contribution in [0.15, 0.2) is 36.4 Å². The molecule has 2 aromatic rings. The average Bonchev–Trinajstić information content (AvgIpc) is 3.32. The standard InChI is InChI=1S/C22H15Cl5F3N3O3/c23-10-3-9(4-11(24)5-10)16-17(21(16,26)27)19(35)31-12-1-2-15(25)14(6-12)18(34)32-13-7-33(8-13)20(36)22(28,29)30/h1-6,13,16-17H,7-8H2,(H,31,35)(H,32,34)/t16-,17+/m1/s1. The molecule has 2 aliphatic rings. The Kier molecular flexibility index (Phi) is 7.36. The lowest BCUT2D eigenvalue weighted by Gasteiger charge is -2.39. The fraction of sp³-hybridized carbons (Fsp3) is 0.318. The molecule has 1 aliphatic heterocycles. The van der Waals surface area contributed by atoms with E-state index in [0.717, 1.165) is 0 Å². The average molecular weight is 604 g/mol. The summed E-state index contributed by atoms with van der Waals surface area (Å²) in [5.41, 5.74) is 0.787. The van der Waals surface area contributed by atoms with E-state index < -0.39 is 46.1 Å². The fourth-order valence-corrected chi connectivity index (χ4v) is 5.57. The third-order valence-electron chi connectivity index (χ3n) is 5.81. The van der Waals surface area contributed by atoms with Gasteiger partial charge in [-0.2, -0.15) is 13.2 Å². The molecule has 0 aromatic heterocycles. The molecule has 192 valence electrons. The molecule has 36 heavy (non-hydrogen) atoms. The zero-order valence-corrected chi connectivity index (χ0v) is 21.6. The molecule has 14 heteroatoms. The summed E-state index contributed by atoms with van der Waals surface area (Å²) in [6.07, 6.45) is -4.98. The maximum atomic E-state index is 12.9. The first-order valence-corrected chi connectivity index (χ1v) is 12.2. The number of hydrogen-bond donors (Lipinski definition) is 2. The van der Waals surface area contributed by atoms with Crippen LogP contribution in [0.3, 0.4) is 0 Å². The van der Waals surface area contributed by atoms with Gasteiger partial charge in [-0.15, -0.1) is 23.2 Å². The number of rotatable bonds is 5. The Labute approximate surface area is 227 Å². The summed E-state index contributed by atoms with van der Waals surface area (Å²) in [7, 11) is 0. The van der Waals surface area contributed by atoms with E-state index in [2.05, 4.69) is 10.6 Å². The third kappa shape index (κ3) is 5.50. The van der Waals surface area contributed by atoms with Gasteiger partial charge in [0.05, 0.1) is 22.5 Å². The molecule has 0 radical (unpaired) electrons. The molecule has 0 unspecified atom stereocenters. The van der Waals surface area contributed by atoms with Crippen LogP contribution < -0.4 is 10.6 Å². The second-order valence-electron chi connectivity index (χ2n) is 8.39. The Hall–Kier alpha value is -1.91. The fourth-order valence-electron chi connectivity index (χ4n) is 4.00. The minimum atomic E-state index is -4.98. The number of carbonyl (C=O) groups is 3. The molecule has 2 aromatic carbocycles. The molecule has 3 amide bonds. The molecular formula is C22H15Cl5F3N3O3.